The molecular formula is C19H21BrFNO3S. The molecule has 0 N–H and O–H groups in total. The lowest BCUT2D eigenvalue weighted by atomic mass is 9.92. The van der Waals surface area contributed by atoms with Gasteiger partial charge in [0.15, 0.2) is 10.9 Å². The van der Waals surface area contributed by atoms with Crippen molar-refractivity contribution in [3.05, 3.63) is 46.8 Å². The number of piperidine rings is 1. The molecule has 1 fully saturated rings. The van der Waals surface area contributed by atoms with Crippen molar-refractivity contribution in [2.45, 2.75) is 31.1 Å². The van der Waals surface area contributed by atoms with Gasteiger partial charge in [0.25, 0.3) is 0 Å². The smallest absolute Gasteiger partial charge is 0.308 e. The summed E-state index contributed by atoms with van der Waals surface area (Å²) in [4.78, 5) is 26.0. The summed E-state index contributed by atoms with van der Waals surface area (Å²) in [5.41, 5.74) is 0.437. The topological polar surface area (TPSA) is 46.6 Å². The Kier molecular flexibility index (Phi) is 6.53. The first kappa shape index (κ1) is 19.6. The number of ketones is 1. The fraction of sp³-hybridized carbons (Fsp3) is 0.474. The Bertz CT molecular complexity index is 726. The van der Waals surface area contributed by atoms with E-state index >= 15 is 0 Å². The molecule has 4 nitrogen and oxygen atoms in total. The Morgan fingerprint density at radius 1 is 1.42 bits per heavy atom. The lowest BCUT2D eigenvalue weighted by Gasteiger charge is -2.38. The Balaban J connectivity index is 1.82. The minimum Gasteiger partial charge on any atom is -0.420 e. The average molecular weight is 442 g/mol. The summed E-state index contributed by atoms with van der Waals surface area (Å²) >= 11 is 4.89. The van der Waals surface area contributed by atoms with Gasteiger partial charge < -0.3 is 4.74 Å². The highest BCUT2D eigenvalue weighted by atomic mass is 79.9. The van der Waals surface area contributed by atoms with E-state index in [9.17, 15) is 14.0 Å². The number of halogens is 2. The van der Waals surface area contributed by atoms with Crippen LogP contribution in [0.3, 0.4) is 0 Å². The van der Waals surface area contributed by atoms with Crippen molar-refractivity contribution >= 4 is 39.4 Å². The Morgan fingerprint density at radius 3 is 2.88 bits per heavy atom. The molecule has 0 amide bonds. The molecule has 140 valence electrons. The molecule has 2 aliphatic heterocycles. The van der Waals surface area contributed by atoms with Crippen LogP contribution >= 0.6 is 27.7 Å². The SMILES string of the molecule is CC(=O)OC1=CC2CN(C(C(=O)CCBr)c3ccccc3F)CCC2S1. The van der Waals surface area contributed by atoms with E-state index in [1.165, 1.54) is 13.0 Å². The van der Waals surface area contributed by atoms with E-state index in [2.05, 4.69) is 20.8 Å². The Labute approximate surface area is 165 Å². The molecule has 3 rings (SSSR count). The first-order chi connectivity index (χ1) is 12.5. The second kappa shape index (κ2) is 8.67. The van der Waals surface area contributed by atoms with Crippen molar-refractivity contribution in [1.29, 1.82) is 0 Å². The van der Waals surface area contributed by atoms with Crippen molar-refractivity contribution in [3.8, 4) is 0 Å². The predicted octanol–water partition coefficient (Wildman–Crippen LogP) is 4.06. The summed E-state index contributed by atoms with van der Waals surface area (Å²) in [6.07, 6.45) is 3.19. The highest BCUT2D eigenvalue weighted by Gasteiger charge is 2.39. The Morgan fingerprint density at radius 2 is 2.19 bits per heavy atom. The van der Waals surface area contributed by atoms with Crippen LogP contribution in [-0.4, -0.2) is 40.3 Å². The van der Waals surface area contributed by atoms with Crippen LogP contribution in [0.25, 0.3) is 0 Å². The highest BCUT2D eigenvalue weighted by Crippen LogP contribution is 2.43. The van der Waals surface area contributed by atoms with Crippen LogP contribution < -0.4 is 0 Å². The van der Waals surface area contributed by atoms with Crippen LogP contribution in [0.5, 0.6) is 0 Å². The molecule has 0 bridgehead atoms. The van der Waals surface area contributed by atoms with Crippen LogP contribution in [-0.2, 0) is 14.3 Å². The number of likely N-dealkylation sites (tertiary alicyclic amines) is 1. The number of alkyl halides is 1. The third kappa shape index (κ3) is 4.38. The zero-order valence-electron chi connectivity index (χ0n) is 14.5. The highest BCUT2D eigenvalue weighted by molar-refractivity contribution is 9.09. The predicted molar refractivity (Wildman–Crippen MR) is 103 cm³/mol. The third-order valence-corrected chi connectivity index (χ3v) is 6.43. The van der Waals surface area contributed by atoms with Crippen LogP contribution in [0, 0.1) is 11.7 Å². The number of ether oxygens (including phenoxy) is 1. The summed E-state index contributed by atoms with van der Waals surface area (Å²) < 4.78 is 19.6. The summed E-state index contributed by atoms with van der Waals surface area (Å²) in [5, 5.41) is 1.54. The number of nitrogens with zero attached hydrogens (tertiary/aromatic N) is 1. The molecule has 0 spiro atoms. The average Bonchev–Trinajstić information content (AvgIpc) is 2.98. The largest absolute Gasteiger partial charge is 0.420 e. The van der Waals surface area contributed by atoms with E-state index in [1.807, 2.05) is 6.08 Å². The van der Waals surface area contributed by atoms with E-state index < -0.39 is 6.04 Å². The second-order valence-electron chi connectivity index (χ2n) is 6.51. The molecule has 1 aromatic carbocycles. The van der Waals surface area contributed by atoms with Crippen molar-refractivity contribution in [2.24, 2.45) is 5.92 Å². The molecule has 2 heterocycles. The monoisotopic (exact) mass is 441 g/mol. The second-order valence-corrected chi connectivity index (χ2v) is 8.55. The van der Waals surface area contributed by atoms with Gasteiger partial charge in [0.05, 0.1) is 6.04 Å². The molecular weight excluding hydrogens is 421 g/mol. The van der Waals surface area contributed by atoms with Crippen LogP contribution in [0.15, 0.2) is 35.4 Å². The van der Waals surface area contributed by atoms with Gasteiger partial charge in [0, 0.05) is 48.5 Å². The number of thioether (sulfide) groups is 1. The van der Waals surface area contributed by atoms with Crippen LogP contribution in [0.2, 0.25) is 0 Å². The van der Waals surface area contributed by atoms with Gasteiger partial charge in [-0.05, 0) is 18.6 Å². The number of hydrogen-bond acceptors (Lipinski definition) is 5. The van der Waals surface area contributed by atoms with Crippen LogP contribution in [0.4, 0.5) is 4.39 Å². The third-order valence-electron chi connectivity index (χ3n) is 4.70. The maximum absolute atomic E-state index is 14.4. The van der Waals surface area contributed by atoms with Crippen molar-refractivity contribution < 1.29 is 18.7 Å². The Hall–Kier alpha value is -1.18. The fourth-order valence-corrected chi connectivity index (χ4v) is 5.26. The van der Waals surface area contributed by atoms with Crippen molar-refractivity contribution in [3.63, 3.8) is 0 Å². The van der Waals surface area contributed by atoms with E-state index in [0.29, 0.717) is 40.7 Å². The van der Waals surface area contributed by atoms with Gasteiger partial charge in [0.2, 0.25) is 0 Å². The summed E-state index contributed by atoms with van der Waals surface area (Å²) in [6, 6.07) is 5.93. The summed E-state index contributed by atoms with van der Waals surface area (Å²) in [5.74, 6) is -0.468. The maximum atomic E-state index is 14.4. The van der Waals surface area contributed by atoms with Gasteiger partial charge in [-0.3, -0.25) is 14.5 Å². The molecule has 0 saturated carbocycles. The number of hydrogen-bond donors (Lipinski definition) is 0. The van der Waals surface area contributed by atoms with Gasteiger partial charge in [-0.25, -0.2) is 4.39 Å². The quantitative estimate of drug-likeness (QED) is 0.491. The molecule has 2 aliphatic rings. The molecule has 0 radical (unpaired) electrons. The maximum Gasteiger partial charge on any atom is 0.308 e. The number of Topliss-reactive ketones (excluding diaryl/α,β-unsaturated/α-hetero) is 1. The first-order valence-electron chi connectivity index (χ1n) is 8.63. The number of esters is 1. The van der Waals surface area contributed by atoms with Gasteiger partial charge in [-0.15, -0.1) is 0 Å². The summed E-state index contributed by atoms with van der Waals surface area (Å²) in [7, 11) is 0. The number of benzene rings is 1. The molecule has 0 aliphatic carbocycles. The zero-order chi connectivity index (χ0) is 18.7. The van der Waals surface area contributed by atoms with E-state index in [0.717, 1.165) is 6.42 Å². The number of carbonyl (C=O) groups excluding carboxylic acids is 2. The summed E-state index contributed by atoms with van der Waals surface area (Å²) in [6.45, 7) is 2.75. The number of carbonyl (C=O) groups is 2. The molecule has 1 aromatic rings. The normalized spacial score (nSPS) is 23.9. The molecule has 3 unspecified atom stereocenters. The molecule has 0 aromatic heterocycles. The number of fused-ring (bicyclic) bond motifs is 1. The minimum atomic E-state index is -0.578. The molecule has 3 atom stereocenters. The molecule has 26 heavy (non-hydrogen) atoms. The van der Waals surface area contributed by atoms with Gasteiger partial charge in [-0.1, -0.05) is 45.9 Å². The fourth-order valence-electron chi connectivity index (χ4n) is 3.59. The van der Waals surface area contributed by atoms with E-state index in [1.54, 1.807) is 30.0 Å². The van der Waals surface area contributed by atoms with Gasteiger partial charge in [-0.2, -0.15) is 0 Å². The zero-order valence-corrected chi connectivity index (χ0v) is 16.9. The van der Waals surface area contributed by atoms with Gasteiger partial charge in [0.1, 0.15) is 5.82 Å². The van der Waals surface area contributed by atoms with Crippen LogP contribution in [0.1, 0.15) is 31.4 Å². The molecule has 1 saturated heterocycles. The first-order valence-corrected chi connectivity index (χ1v) is 10.6. The van der Waals surface area contributed by atoms with Crippen molar-refractivity contribution in [2.75, 3.05) is 18.4 Å². The lowest BCUT2D eigenvalue weighted by Crippen LogP contribution is -2.44. The standard InChI is InChI=1S/C19H21BrFNO3S/c1-12(23)25-18-10-13-11-22(9-7-17(13)26-18)19(16(24)6-8-20)14-4-2-3-5-15(14)21/h2-5,10,13,17,19H,6-9,11H2,1H3. The van der Waals surface area contributed by atoms with E-state index in [-0.39, 0.29) is 23.5 Å². The van der Waals surface area contributed by atoms with E-state index in [4.69, 9.17) is 4.74 Å². The number of rotatable bonds is 6. The minimum absolute atomic E-state index is 0.0141. The lowest BCUT2D eigenvalue weighted by molar-refractivity contribution is -0.135. The van der Waals surface area contributed by atoms with Crippen molar-refractivity contribution in [1.82, 2.24) is 4.90 Å². The molecule has 7 heteroatoms. The van der Waals surface area contributed by atoms with Gasteiger partial charge >= 0.3 is 5.97 Å².